The van der Waals surface area contributed by atoms with E-state index < -0.39 is 5.97 Å². The van der Waals surface area contributed by atoms with Crippen LogP contribution in [-0.2, 0) is 0 Å². The van der Waals surface area contributed by atoms with Gasteiger partial charge in [0.15, 0.2) is 0 Å². The Hall–Kier alpha value is -3.18. The van der Waals surface area contributed by atoms with Crippen molar-refractivity contribution >= 4 is 23.4 Å². The van der Waals surface area contributed by atoms with Crippen molar-refractivity contribution < 1.29 is 9.90 Å². The van der Waals surface area contributed by atoms with E-state index in [1.165, 1.54) is 4.57 Å². The van der Waals surface area contributed by atoms with E-state index in [1.54, 1.807) is 60.8 Å². The Labute approximate surface area is 155 Å². The number of nitrogens with one attached hydrogen (secondary N) is 2. The highest BCUT2D eigenvalue weighted by Crippen LogP contribution is 2.24. The average molecular weight is 366 g/mol. The number of pyridine rings is 1. The van der Waals surface area contributed by atoms with Gasteiger partial charge < -0.3 is 5.11 Å². The monoisotopic (exact) mass is 365 g/mol. The van der Waals surface area contributed by atoms with Crippen molar-refractivity contribution in [3.05, 3.63) is 88.0 Å². The molecule has 0 radical (unpaired) electrons. The zero-order valence-corrected chi connectivity index (χ0v) is 14.7. The molecule has 0 saturated heterocycles. The summed E-state index contributed by atoms with van der Waals surface area (Å²) in [5, 5.41) is 26.3. The molecule has 3 N–H and O–H groups in total. The third-order valence-electron chi connectivity index (χ3n) is 4.12. The summed E-state index contributed by atoms with van der Waals surface area (Å²) in [4.78, 5) is 11.2. The number of nitrogens with zero attached hydrogens (tertiary/aromatic N) is 1. The van der Waals surface area contributed by atoms with Gasteiger partial charge in [0.2, 0.25) is 0 Å². The van der Waals surface area contributed by atoms with Gasteiger partial charge in [0.05, 0.1) is 10.6 Å². The average Bonchev–Trinajstić information content (AvgIpc) is 2.61. The SMILES string of the molecule is Cc1ccc(C(=O)O)cc1-c1ccn(C(=N)c2ccccc2Cl)c(=N)c1. The summed E-state index contributed by atoms with van der Waals surface area (Å²) >= 11 is 6.15. The summed E-state index contributed by atoms with van der Waals surface area (Å²) in [6.45, 7) is 1.89. The number of hydrogen-bond donors (Lipinski definition) is 3. The van der Waals surface area contributed by atoms with Gasteiger partial charge in [-0.05, 0) is 60.0 Å². The summed E-state index contributed by atoms with van der Waals surface area (Å²) < 4.78 is 1.42. The molecule has 0 aliphatic carbocycles. The van der Waals surface area contributed by atoms with Crippen LogP contribution in [0.1, 0.15) is 21.5 Å². The van der Waals surface area contributed by atoms with Crippen molar-refractivity contribution in [2.24, 2.45) is 0 Å². The van der Waals surface area contributed by atoms with Crippen molar-refractivity contribution in [2.75, 3.05) is 0 Å². The molecule has 0 saturated carbocycles. The highest BCUT2D eigenvalue weighted by atomic mass is 35.5. The lowest BCUT2D eigenvalue weighted by Crippen LogP contribution is -2.26. The zero-order valence-electron chi connectivity index (χ0n) is 14.0. The Morgan fingerprint density at radius 2 is 1.85 bits per heavy atom. The number of aromatic carboxylic acids is 1. The molecule has 2 aromatic carbocycles. The molecular formula is C20H16ClN3O2. The van der Waals surface area contributed by atoms with Gasteiger partial charge in [0.1, 0.15) is 11.3 Å². The fourth-order valence-electron chi connectivity index (χ4n) is 2.71. The first-order chi connectivity index (χ1) is 12.4. The first kappa shape index (κ1) is 17.6. The first-order valence-corrected chi connectivity index (χ1v) is 8.21. The Morgan fingerprint density at radius 1 is 1.12 bits per heavy atom. The van der Waals surface area contributed by atoms with E-state index in [-0.39, 0.29) is 16.9 Å². The summed E-state index contributed by atoms with van der Waals surface area (Å²) in [5.74, 6) is -0.896. The van der Waals surface area contributed by atoms with Crippen LogP contribution in [0.2, 0.25) is 5.02 Å². The van der Waals surface area contributed by atoms with Crippen LogP contribution >= 0.6 is 11.6 Å². The number of carboxylic acids is 1. The zero-order chi connectivity index (χ0) is 18.8. The van der Waals surface area contributed by atoms with Crippen LogP contribution in [0.5, 0.6) is 0 Å². The molecule has 0 spiro atoms. The van der Waals surface area contributed by atoms with Crippen molar-refractivity contribution in [1.29, 1.82) is 10.8 Å². The Morgan fingerprint density at radius 3 is 2.50 bits per heavy atom. The number of aromatic nitrogens is 1. The van der Waals surface area contributed by atoms with Gasteiger partial charge in [-0.1, -0.05) is 29.8 Å². The summed E-state index contributed by atoms with van der Waals surface area (Å²) in [6.07, 6.45) is 1.62. The normalized spacial score (nSPS) is 10.5. The number of carbonyl (C=O) groups is 1. The van der Waals surface area contributed by atoms with Gasteiger partial charge >= 0.3 is 5.97 Å². The van der Waals surface area contributed by atoms with Crippen molar-refractivity contribution in [1.82, 2.24) is 4.57 Å². The fourth-order valence-corrected chi connectivity index (χ4v) is 2.94. The largest absolute Gasteiger partial charge is 0.478 e. The number of carboxylic acid groups (broad SMARTS) is 1. The van der Waals surface area contributed by atoms with Crippen LogP contribution < -0.4 is 5.49 Å². The Kier molecular flexibility index (Phi) is 4.73. The second kappa shape index (κ2) is 6.98. The lowest BCUT2D eigenvalue weighted by atomic mass is 9.99. The Bertz CT molecular complexity index is 1090. The molecule has 1 heterocycles. The smallest absolute Gasteiger partial charge is 0.335 e. The third kappa shape index (κ3) is 3.30. The molecular weight excluding hydrogens is 350 g/mol. The predicted molar refractivity (Wildman–Crippen MR) is 101 cm³/mol. The molecule has 0 unspecified atom stereocenters. The second-order valence-corrected chi connectivity index (χ2v) is 6.24. The van der Waals surface area contributed by atoms with E-state index in [2.05, 4.69) is 0 Å². The predicted octanol–water partition coefficient (Wildman–Crippen LogP) is 4.17. The number of benzene rings is 2. The molecule has 0 atom stereocenters. The molecule has 5 nitrogen and oxygen atoms in total. The maximum Gasteiger partial charge on any atom is 0.335 e. The molecule has 130 valence electrons. The van der Waals surface area contributed by atoms with Crippen LogP contribution in [0, 0.1) is 17.7 Å². The Balaban J connectivity index is 2.05. The number of rotatable bonds is 3. The number of halogens is 1. The van der Waals surface area contributed by atoms with Crippen molar-refractivity contribution in [3.8, 4) is 11.1 Å². The fraction of sp³-hybridized carbons (Fsp3) is 0.0500. The third-order valence-corrected chi connectivity index (χ3v) is 4.45. The van der Waals surface area contributed by atoms with Gasteiger partial charge in [-0.25, -0.2) is 4.79 Å². The summed E-state index contributed by atoms with van der Waals surface area (Å²) in [6, 6.07) is 15.3. The second-order valence-electron chi connectivity index (χ2n) is 5.83. The quantitative estimate of drug-likeness (QED) is 0.480. The molecule has 26 heavy (non-hydrogen) atoms. The number of aryl methyl sites for hydroxylation is 1. The van der Waals surface area contributed by atoms with E-state index in [1.807, 2.05) is 6.92 Å². The highest BCUT2D eigenvalue weighted by molar-refractivity contribution is 6.34. The standard InChI is InChI=1S/C20H16ClN3O2/c1-12-6-7-14(20(25)26)10-16(12)13-8-9-24(18(22)11-13)19(23)15-4-2-3-5-17(15)21/h2-11,22-23H,1H3,(H,25,26). The van der Waals surface area contributed by atoms with E-state index in [9.17, 15) is 9.90 Å². The van der Waals surface area contributed by atoms with Gasteiger partial charge in [0, 0.05) is 11.8 Å². The maximum absolute atomic E-state index is 11.2. The molecule has 0 aliphatic rings. The van der Waals surface area contributed by atoms with E-state index >= 15 is 0 Å². The molecule has 0 fully saturated rings. The topological polar surface area (TPSA) is 89.9 Å². The van der Waals surface area contributed by atoms with E-state index in [0.717, 1.165) is 16.7 Å². The van der Waals surface area contributed by atoms with Crippen LogP contribution in [0.15, 0.2) is 60.8 Å². The van der Waals surface area contributed by atoms with Gasteiger partial charge in [-0.3, -0.25) is 15.4 Å². The van der Waals surface area contributed by atoms with Crippen LogP contribution in [0.3, 0.4) is 0 Å². The molecule has 6 heteroatoms. The van der Waals surface area contributed by atoms with Crippen molar-refractivity contribution in [3.63, 3.8) is 0 Å². The molecule has 0 bridgehead atoms. The molecule has 0 aliphatic heterocycles. The maximum atomic E-state index is 11.2. The van der Waals surface area contributed by atoms with E-state index in [0.29, 0.717) is 10.6 Å². The van der Waals surface area contributed by atoms with Crippen LogP contribution in [0.25, 0.3) is 11.1 Å². The summed E-state index contributed by atoms with van der Waals surface area (Å²) in [7, 11) is 0. The minimum Gasteiger partial charge on any atom is -0.478 e. The van der Waals surface area contributed by atoms with Gasteiger partial charge in [-0.15, -0.1) is 0 Å². The molecule has 0 amide bonds. The lowest BCUT2D eigenvalue weighted by Gasteiger charge is -2.13. The first-order valence-electron chi connectivity index (χ1n) is 7.84. The van der Waals surface area contributed by atoms with Crippen LogP contribution in [-0.4, -0.2) is 21.5 Å². The highest BCUT2D eigenvalue weighted by Gasteiger charge is 2.11. The van der Waals surface area contributed by atoms with E-state index in [4.69, 9.17) is 22.4 Å². The van der Waals surface area contributed by atoms with Crippen LogP contribution in [0.4, 0.5) is 0 Å². The molecule has 1 aromatic heterocycles. The van der Waals surface area contributed by atoms with Gasteiger partial charge in [0.25, 0.3) is 0 Å². The van der Waals surface area contributed by atoms with Crippen molar-refractivity contribution in [2.45, 2.75) is 6.92 Å². The minimum atomic E-state index is -0.996. The molecule has 3 aromatic rings. The lowest BCUT2D eigenvalue weighted by molar-refractivity contribution is 0.0697. The number of hydrogen-bond acceptors (Lipinski definition) is 3. The van der Waals surface area contributed by atoms with Gasteiger partial charge in [-0.2, -0.15) is 0 Å². The summed E-state index contributed by atoms with van der Waals surface area (Å²) in [5.41, 5.74) is 3.21. The minimum absolute atomic E-state index is 0.100. The molecule has 3 rings (SSSR count).